The van der Waals surface area contributed by atoms with E-state index in [1.54, 1.807) is 13.8 Å². The molecular formula is C18H24F4N2O3S. The topological polar surface area (TPSA) is 57.7 Å². The van der Waals surface area contributed by atoms with Crippen LogP contribution < -0.4 is 0 Å². The zero-order valence-corrected chi connectivity index (χ0v) is 16.8. The summed E-state index contributed by atoms with van der Waals surface area (Å²) in [5.41, 5.74) is -0.676. The van der Waals surface area contributed by atoms with E-state index in [1.165, 1.54) is 6.92 Å². The molecule has 1 amide bonds. The predicted molar refractivity (Wildman–Crippen MR) is 95.8 cm³/mol. The van der Waals surface area contributed by atoms with Gasteiger partial charge >= 0.3 is 6.18 Å². The number of hydrogen-bond donors (Lipinski definition) is 0. The quantitative estimate of drug-likeness (QED) is 0.599. The summed E-state index contributed by atoms with van der Waals surface area (Å²) < 4.78 is 79.7. The van der Waals surface area contributed by atoms with Crippen molar-refractivity contribution in [1.29, 1.82) is 0 Å². The maximum absolute atomic E-state index is 14.3. The van der Waals surface area contributed by atoms with Crippen molar-refractivity contribution in [3.63, 3.8) is 0 Å². The summed E-state index contributed by atoms with van der Waals surface area (Å²) in [7, 11) is -3.99. The molecule has 0 unspecified atom stereocenters. The minimum Gasteiger partial charge on any atom is -0.326 e. The molecule has 1 aromatic carbocycles. The van der Waals surface area contributed by atoms with Crippen LogP contribution in [0.15, 0.2) is 23.1 Å². The third-order valence-electron chi connectivity index (χ3n) is 4.92. The highest BCUT2D eigenvalue weighted by Crippen LogP contribution is 2.37. The van der Waals surface area contributed by atoms with Crippen LogP contribution in [0, 0.1) is 11.7 Å². The Hall–Kier alpha value is -1.68. The summed E-state index contributed by atoms with van der Waals surface area (Å²) in [6.45, 7) is 3.56. The monoisotopic (exact) mass is 424 g/mol. The molecule has 1 atom stereocenters. The molecule has 158 valence electrons. The Labute approximate surface area is 162 Å². The van der Waals surface area contributed by atoms with Crippen molar-refractivity contribution in [2.24, 2.45) is 5.92 Å². The zero-order valence-electron chi connectivity index (χ0n) is 16.0. The van der Waals surface area contributed by atoms with Gasteiger partial charge in [0.05, 0.1) is 10.5 Å². The molecule has 1 saturated carbocycles. The Morgan fingerprint density at radius 2 is 1.79 bits per heavy atom. The molecule has 0 radical (unpaired) electrons. The van der Waals surface area contributed by atoms with Crippen molar-refractivity contribution in [1.82, 2.24) is 9.21 Å². The van der Waals surface area contributed by atoms with E-state index < -0.39 is 46.1 Å². The molecule has 0 aliphatic heterocycles. The Kier molecular flexibility index (Phi) is 6.75. The van der Waals surface area contributed by atoms with Crippen LogP contribution in [0.2, 0.25) is 0 Å². The maximum Gasteiger partial charge on any atom is 0.406 e. The minimum absolute atomic E-state index is 0.0723. The van der Waals surface area contributed by atoms with Gasteiger partial charge in [-0.05, 0) is 43.9 Å². The lowest BCUT2D eigenvalue weighted by Crippen LogP contribution is -2.45. The van der Waals surface area contributed by atoms with Gasteiger partial charge in [-0.25, -0.2) is 12.8 Å². The Morgan fingerprint density at radius 3 is 2.25 bits per heavy atom. The number of amides is 1. The molecular weight excluding hydrogens is 400 g/mol. The molecule has 2 rings (SSSR count). The maximum atomic E-state index is 14.3. The number of nitrogens with zero attached hydrogens (tertiary/aromatic N) is 2. The van der Waals surface area contributed by atoms with Crippen LogP contribution in [-0.4, -0.2) is 55.4 Å². The first kappa shape index (κ1) is 22.6. The fraction of sp³-hybridized carbons (Fsp3) is 0.611. The van der Waals surface area contributed by atoms with E-state index in [9.17, 15) is 30.8 Å². The SMILES string of the molecule is CCN(CC)S(=O)(=O)c1ccc(F)c(C(=O)N(CC(F)(F)F)[C@@H](C)C2CC2)c1. The van der Waals surface area contributed by atoms with Gasteiger partial charge in [-0.3, -0.25) is 4.79 Å². The van der Waals surface area contributed by atoms with Crippen LogP contribution in [0.5, 0.6) is 0 Å². The molecule has 1 aliphatic carbocycles. The van der Waals surface area contributed by atoms with Crippen LogP contribution in [-0.2, 0) is 10.0 Å². The fourth-order valence-corrected chi connectivity index (χ4v) is 4.61. The fourth-order valence-electron chi connectivity index (χ4n) is 3.12. The Balaban J connectivity index is 2.45. The molecule has 10 heteroatoms. The molecule has 1 aromatic rings. The van der Waals surface area contributed by atoms with E-state index in [-0.39, 0.29) is 23.9 Å². The van der Waals surface area contributed by atoms with Gasteiger partial charge in [0.1, 0.15) is 12.4 Å². The standard InChI is InChI=1S/C18H24F4N2O3S/c1-4-23(5-2)28(26,27)14-8-9-16(19)15(10-14)17(25)24(11-18(20,21)22)12(3)13-6-7-13/h8-10,12-13H,4-7,11H2,1-3H3/t12-/m0/s1. The van der Waals surface area contributed by atoms with Crippen molar-refractivity contribution in [2.45, 2.75) is 50.7 Å². The molecule has 0 aromatic heterocycles. The molecule has 28 heavy (non-hydrogen) atoms. The minimum atomic E-state index is -4.65. The van der Waals surface area contributed by atoms with E-state index in [0.717, 1.165) is 22.5 Å². The summed E-state index contributed by atoms with van der Waals surface area (Å²) in [5.74, 6) is -2.29. The predicted octanol–water partition coefficient (Wildman–Crippen LogP) is 3.66. The first-order chi connectivity index (χ1) is 12.9. The lowest BCUT2D eigenvalue weighted by Gasteiger charge is -2.30. The molecule has 1 aliphatic rings. The number of carbonyl (C=O) groups is 1. The molecule has 0 saturated heterocycles. The number of sulfonamides is 1. The van der Waals surface area contributed by atoms with Gasteiger partial charge in [0.25, 0.3) is 5.91 Å². The second-order valence-corrected chi connectivity index (χ2v) is 8.80. The van der Waals surface area contributed by atoms with Crippen molar-refractivity contribution in [3.8, 4) is 0 Å². The first-order valence-electron chi connectivity index (χ1n) is 9.09. The third-order valence-corrected chi connectivity index (χ3v) is 6.96. The summed E-state index contributed by atoms with van der Waals surface area (Å²) in [4.78, 5) is 13.0. The lowest BCUT2D eigenvalue weighted by molar-refractivity contribution is -0.144. The molecule has 0 heterocycles. The van der Waals surface area contributed by atoms with E-state index in [4.69, 9.17) is 0 Å². The van der Waals surface area contributed by atoms with E-state index in [1.807, 2.05) is 0 Å². The number of rotatable bonds is 8. The van der Waals surface area contributed by atoms with Crippen LogP contribution >= 0.6 is 0 Å². The van der Waals surface area contributed by atoms with E-state index in [2.05, 4.69) is 0 Å². The van der Waals surface area contributed by atoms with Crippen LogP contribution in [0.25, 0.3) is 0 Å². The normalized spacial score (nSPS) is 16.3. The molecule has 0 N–H and O–H groups in total. The van der Waals surface area contributed by atoms with E-state index in [0.29, 0.717) is 17.7 Å². The lowest BCUT2D eigenvalue weighted by atomic mass is 10.1. The van der Waals surface area contributed by atoms with Gasteiger partial charge < -0.3 is 4.90 Å². The largest absolute Gasteiger partial charge is 0.406 e. The van der Waals surface area contributed by atoms with Gasteiger partial charge in [-0.2, -0.15) is 17.5 Å². The van der Waals surface area contributed by atoms with E-state index >= 15 is 0 Å². The van der Waals surface area contributed by atoms with Crippen molar-refractivity contribution < 1.29 is 30.8 Å². The number of halogens is 4. The number of benzene rings is 1. The average Bonchev–Trinajstić information content (AvgIpc) is 3.44. The average molecular weight is 424 g/mol. The van der Waals surface area contributed by atoms with Gasteiger partial charge in [0.2, 0.25) is 10.0 Å². The van der Waals surface area contributed by atoms with Crippen LogP contribution in [0.3, 0.4) is 0 Å². The summed E-state index contributed by atoms with van der Waals surface area (Å²) >= 11 is 0. The molecule has 0 spiro atoms. The highest BCUT2D eigenvalue weighted by Gasteiger charge is 2.41. The van der Waals surface area contributed by atoms with Crippen LogP contribution in [0.4, 0.5) is 17.6 Å². The van der Waals surface area contributed by atoms with Gasteiger partial charge in [-0.15, -0.1) is 0 Å². The van der Waals surface area contributed by atoms with Gasteiger partial charge in [-0.1, -0.05) is 13.8 Å². The van der Waals surface area contributed by atoms with Crippen molar-refractivity contribution in [2.75, 3.05) is 19.6 Å². The highest BCUT2D eigenvalue weighted by atomic mass is 32.2. The summed E-state index contributed by atoms with van der Waals surface area (Å²) in [6.07, 6.45) is -3.26. The number of carbonyl (C=O) groups excluding carboxylic acids is 1. The highest BCUT2D eigenvalue weighted by molar-refractivity contribution is 7.89. The van der Waals surface area contributed by atoms with Gasteiger partial charge in [0.15, 0.2) is 0 Å². The number of hydrogen-bond acceptors (Lipinski definition) is 3. The second-order valence-electron chi connectivity index (χ2n) is 6.86. The van der Waals surface area contributed by atoms with Crippen molar-refractivity contribution in [3.05, 3.63) is 29.6 Å². The molecule has 5 nitrogen and oxygen atoms in total. The first-order valence-corrected chi connectivity index (χ1v) is 10.5. The Morgan fingerprint density at radius 1 is 1.21 bits per heavy atom. The Bertz CT molecular complexity index is 819. The second kappa shape index (κ2) is 8.36. The molecule has 0 bridgehead atoms. The number of alkyl halides is 3. The third kappa shape index (κ3) is 5.02. The molecule has 1 fully saturated rings. The van der Waals surface area contributed by atoms with Crippen LogP contribution in [0.1, 0.15) is 44.0 Å². The smallest absolute Gasteiger partial charge is 0.326 e. The van der Waals surface area contributed by atoms with Gasteiger partial charge in [0, 0.05) is 19.1 Å². The summed E-state index contributed by atoms with van der Waals surface area (Å²) in [5, 5.41) is 0. The zero-order chi connectivity index (χ0) is 21.3. The van der Waals surface area contributed by atoms with Crippen molar-refractivity contribution >= 4 is 15.9 Å². The summed E-state index contributed by atoms with van der Waals surface area (Å²) in [6, 6.07) is 1.92.